The van der Waals surface area contributed by atoms with Crippen LogP contribution in [-0.4, -0.2) is 16.9 Å². The van der Waals surface area contributed by atoms with E-state index in [1.54, 1.807) is 24.4 Å². The van der Waals surface area contributed by atoms with Crippen LogP contribution in [0.25, 0.3) is 0 Å². The molecule has 0 radical (unpaired) electrons. The molecular weight excluding hydrogens is 392 g/mol. The van der Waals surface area contributed by atoms with Crippen LogP contribution in [-0.2, 0) is 11.3 Å². The molecule has 0 saturated heterocycles. The molecule has 5 nitrogen and oxygen atoms in total. The maximum Gasteiger partial charge on any atom is 0.223 e. The van der Waals surface area contributed by atoms with Gasteiger partial charge in [0.05, 0.1) is 0 Å². The summed E-state index contributed by atoms with van der Waals surface area (Å²) >= 11 is 0. The number of nitrogens with one attached hydrogen (secondary N) is 1. The molecule has 2 atom stereocenters. The molecular formula is C19H24Cl2FN3O2. The van der Waals surface area contributed by atoms with Gasteiger partial charge in [-0.1, -0.05) is 18.6 Å². The SMILES string of the molecule is Cl.Cl.NC1CCCC(C(=O)NCc2ccc(Oc3cccc(F)c3)nc2)C1. The molecule has 0 bridgehead atoms. The molecule has 0 aliphatic heterocycles. The van der Waals surface area contributed by atoms with Crippen molar-refractivity contribution in [1.29, 1.82) is 0 Å². The Morgan fingerprint density at radius 1 is 1.26 bits per heavy atom. The fourth-order valence-electron chi connectivity index (χ4n) is 3.03. The third kappa shape index (κ3) is 6.97. The summed E-state index contributed by atoms with van der Waals surface area (Å²) in [5.41, 5.74) is 6.81. The van der Waals surface area contributed by atoms with Crippen LogP contribution in [0.2, 0.25) is 0 Å². The molecule has 1 aliphatic carbocycles. The lowest BCUT2D eigenvalue weighted by Gasteiger charge is -2.25. The van der Waals surface area contributed by atoms with Gasteiger partial charge in [0.2, 0.25) is 11.8 Å². The van der Waals surface area contributed by atoms with E-state index in [4.69, 9.17) is 10.5 Å². The highest BCUT2D eigenvalue weighted by atomic mass is 35.5. The number of ether oxygens (including phenoxy) is 1. The highest BCUT2D eigenvalue weighted by Gasteiger charge is 2.24. The number of pyridine rings is 1. The van der Waals surface area contributed by atoms with E-state index >= 15 is 0 Å². The van der Waals surface area contributed by atoms with Gasteiger partial charge in [-0.2, -0.15) is 0 Å². The molecule has 27 heavy (non-hydrogen) atoms. The van der Waals surface area contributed by atoms with E-state index in [1.165, 1.54) is 12.1 Å². The van der Waals surface area contributed by atoms with Crippen LogP contribution in [0, 0.1) is 11.7 Å². The van der Waals surface area contributed by atoms with Crippen molar-refractivity contribution in [2.45, 2.75) is 38.3 Å². The Labute approximate surface area is 170 Å². The Bertz CT molecular complexity index is 731. The van der Waals surface area contributed by atoms with Gasteiger partial charge in [0.1, 0.15) is 11.6 Å². The van der Waals surface area contributed by atoms with E-state index < -0.39 is 0 Å². The molecule has 3 rings (SSSR count). The molecule has 1 aliphatic rings. The Balaban J connectivity index is 0.00000182. The van der Waals surface area contributed by atoms with Gasteiger partial charge in [0.25, 0.3) is 0 Å². The van der Waals surface area contributed by atoms with Crippen molar-refractivity contribution >= 4 is 30.7 Å². The lowest BCUT2D eigenvalue weighted by atomic mass is 9.85. The van der Waals surface area contributed by atoms with E-state index in [-0.39, 0.29) is 48.5 Å². The molecule has 3 N–H and O–H groups in total. The number of hydrogen-bond donors (Lipinski definition) is 2. The maximum atomic E-state index is 13.1. The largest absolute Gasteiger partial charge is 0.439 e. The van der Waals surface area contributed by atoms with Crippen LogP contribution >= 0.6 is 24.8 Å². The zero-order chi connectivity index (χ0) is 17.6. The maximum absolute atomic E-state index is 13.1. The zero-order valence-electron chi connectivity index (χ0n) is 14.8. The zero-order valence-corrected chi connectivity index (χ0v) is 16.4. The number of amides is 1. The molecule has 8 heteroatoms. The van der Waals surface area contributed by atoms with Crippen molar-refractivity contribution in [3.8, 4) is 11.6 Å². The first-order chi connectivity index (χ1) is 12.1. The lowest BCUT2D eigenvalue weighted by Crippen LogP contribution is -2.37. The van der Waals surface area contributed by atoms with Crippen LogP contribution in [0.4, 0.5) is 4.39 Å². The minimum Gasteiger partial charge on any atom is -0.439 e. The van der Waals surface area contributed by atoms with Crippen molar-refractivity contribution in [2.75, 3.05) is 0 Å². The van der Waals surface area contributed by atoms with Gasteiger partial charge in [-0.3, -0.25) is 4.79 Å². The molecule has 0 spiro atoms. The summed E-state index contributed by atoms with van der Waals surface area (Å²) in [4.78, 5) is 16.4. The van der Waals surface area contributed by atoms with Gasteiger partial charge in [-0.05, 0) is 37.0 Å². The van der Waals surface area contributed by atoms with Crippen LogP contribution in [0.5, 0.6) is 11.6 Å². The molecule has 2 aromatic rings. The van der Waals surface area contributed by atoms with Crippen molar-refractivity contribution in [3.63, 3.8) is 0 Å². The second-order valence-corrected chi connectivity index (χ2v) is 6.41. The van der Waals surface area contributed by atoms with Gasteiger partial charge < -0.3 is 15.8 Å². The topological polar surface area (TPSA) is 77.2 Å². The molecule has 1 heterocycles. The molecule has 1 fully saturated rings. The number of aromatic nitrogens is 1. The van der Waals surface area contributed by atoms with Gasteiger partial charge >= 0.3 is 0 Å². The van der Waals surface area contributed by atoms with E-state index in [9.17, 15) is 9.18 Å². The first-order valence-corrected chi connectivity index (χ1v) is 8.52. The predicted molar refractivity (Wildman–Crippen MR) is 107 cm³/mol. The Hall–Kier alpha value is -1.89. The molecule has 1 aromatic carbocycles. The molecule has 1 saturated carbocycles. The predicted octanol–water partition coefficient (Wildman–Crippen LogP) is 3.99. The normalized spacial score (nSPS) is 18.6. The van der Waals surface area contributed by atoms with Gasteiger partial charge in [-0.15, -0.1) is 24.8 Å². The van der Waals surface area contributed by atoms with Gasteiger partial charge in [0, 0.05) is 36.8 Å². The average molecular weight is 416 g/mol. The summed E-state index contributed by atoms with van der Waals surface area (Å²) in [5, 5.41) is 2.94. The number of halogens is 3. The molecule has 2 unspecified atom stereocenters. The monoisotopic (exact) mass is 415 g/mol. The van der Waals surface area contributed by atoms with Crippen molar-refractivity contribution < 1.29 is 13.9 Å². The first kappa shape index (κ1) is 23.1. The molecule has 1 amide bonds. The standard InChI is InChI=1S/C19H22FN3O2.2ClH/c20-15-4-2-6-17(10-15)25-18-8-7-13(11-22-18)12-23-19(24)14-3-1-5-16(21)9-14;;/h2,4,6-8,10-11,14,16H,1,3,5,9,12,21H2,(H,23,24);2*1H. The number of benzene rings is 1. The number of hydrogen-bond acceptors (Lipinski definition) is 4. The highest BCUT2D eigenvalue weighted by molar-refractivity contribution is 5.85. The summed E-state index contributed by atoms with van der Waals surface area (Å²) < 4.78 is 18.6. The van der Waals surface area contributed by atoms with E-state index in [2.05, 4.69) is 10.3 Å². The first-order valence-electron chi connectivity index (χ1n) is 8.52. The van der Waals surface area contributed by atoms with Gasteiger partial charge in [-0.25, -0.2) is 9.37 Å². The van der Waals surface area contributed by atoms with Crippen LogP contribution in [0.15, 0.2) is 42.6 Å². The third-order valence-corrected chi connectivity index (χ3v) is 4.37. The van der Waals surface area contributed by atoms with E-state index in [1.807, 2.05) is 6.07 Å². The van der Waals surface area contributed by atoms with E-state index in [0.29, 0.717) is 18.2 Å². The summed E-state index contributed by atoms with van der Waals surface area (Å²) in [7, 11) is 0. The number of carbonyl (C=O) groups is 1. The second kappa shape index (κ2) is 11.1. The average Bonchev–Trinajstić information content (AvgIpc) is 2.61. The van der Waals surface area contributed by atoms with Crippen LogP contribution in [0.1, 0.15) is 31.2 Å². The Kier molecular flexibility index (Phi) is 9.49. The minimum absolute atomic E-state index is 0. The van der Waals surface area contributed by atoms with Crippen molar-refractivity contribution in [3.05, 3.63) is 54.0 Å². The fourth-order valence-corrected chi connectivity index (χ4v) is 3.03. The quantitative estimate of drug-likeness (QED) is 0.773. The summed E-state index contributed by atoms with van der Waals surface area (Å²) in [5.74, 6) is 0.461. The molecule has 1 aromatic heterocycles. The number of nitrogens with zero attached hydrogens (tertiary/aromatic N) is 1. The smallest absolute Gasteiger partial charge is 0.223 e. The van der Waals surface area contributed by atoms with E-state index in [0.717, 1.165) is 31.2 Å². The van der Waals surface area contributed by atoms with Crippen molar-refractivity contribution in [1.82, 2.24) is 10.3 Å². The van der Waals surface area contributed by atoms with Gasteiger partial charge in [0.15, 0.2) is 0 Å². The fraction of sp³-hybridized carbons (Fsp3) is 0.368. The Morgan fingerprint density at radius 3 is 2.74 bits per heavy atom. The summed E-state index contributed by atoms with van der Waals surface area (Å²) in [6, 6.07) is 9.54. The lowest BCUT2D eigenvalue weighted by molar-refractivity contribution is -0.126. The number of nitrogens with two attached hydrogens (primary N) is 1. The Morgan fingerprint density at radius 2 is 2.07 bits per heavy atom. The van der Waals surface area contributed by atoms with Crippen LogP contribution < -0.4 is 15.8 Å². The van der Waals surface area contributed by atoms with Crippen LogP contribution in [0.3, 0.4) is 0 Å². The summed E-state index contributed by atoms with van der Waals surface area (Å²) in [6.07, 6.45) is 5.30. The summed E-state index contributed by atoms with van der Waals surface area (Å²) in [6.45, 7) is 0.415. The third-order valence-electron chi connectivity index (χ3n) is 4.37. The van der Waals surface area contributed by atoms with Crippen molar-refractivity contribution in [2.24, 2.45) is 11.7 Å². The second-order valence-electron chi connectivity index (χ2n) is 6.41. The highest BCUT2D eigenvalue weighted by Crippen LogP contribution is 2.23. The number of rotatable bonds is 5. The number of carbonyl (C=O) groups excluding carboxylic acids is 1. The molecule has 148 valence electrons. The minimum atomic E-state index is -0.362.